The van der Waals surface area contributed by atoms with E-state index in [1.807, 2.05) is 30.3 Å². The zero-order valence-corrected chi connectivity index (χ0v) is 10.6. The van der Waals surface area contributed by atoms with Gasteiger partial charge in [-0.05, 0) is 5.56 Å². The molecule has 1 aromatic carbocycles. The quantitative estimate of drug-likeness (QED) is 0.547. The van der Waals surface area contributed by atoms with Gasteiger partial charge in [0.1, 0.15) is 18.5 Å². The van der Waals surface area contributed by atoms with Crippen molar-refractivity contribution in [2.24, 2.45) is 5.73 Å². The van der Waals surface area contributed by atoms with Crippen molar-refractivity contribution in [2.45, 2.75) is 12.6 Å². The number of amides is 1. The van der Waals surface area contributed by atoms with Gasteiger partial charge in [-0.3, -0.25) is 10.3 Å². The molecule has 0 aromatic heterocycles. The van der Waals surface area contributed by atoms with Gasteiger partial charge in [0, 0.05) is 19.6 Å². The van der Waals surface area contributed by atoms with Crippen molar-refractivity contribution in [2.75, 3.05) is 19.6 Å². The largest absolute Gasteiger partial charge is 0.445 e. The molecule has 0 bridgehead atoms. The van der Waals surface area contributed by atoms with Gasteiger partial charge in [0.25, 0.3) is 0 Å². The molecule has 0 aliphatic carbocycles. The van der Waals surface area contributed by atoms with Gasteiger partial charge in [0.05, 0.1) is 0 Å². The molecule has 1 heterocycles. The van der Waals surface area contributed by atoms with Crippen LogP contribution in [0.25, 0.3) is 0 Å². The number of carbonyl (C=O) groups is 1. The van der Waals surface area contributed by atoms with Gasteiger partial charge in [-0.25, -0.2) is 4.79 Å². The number of carbonyl (C=O) groups excluding carboxylic acids is 1. The van der Waals surface area contributed by atoms with Crippen LogP contribution >= 0.6 is 0 Å². The molecule has 1 amide bonds. The molecule has 0 spiro atoms. The van der Waals surface area contributed by atoms with E-state index in [0.29, 0.717) is 19.6 Å². The summed E-state index contributed by atoms with van der Waals surface area (Å²) in [7, 11) is 0. The molecule has 6 heteroatoms. The van der Waals surface area contributed by atoms with Crippen LogP contribution in [0.1, 0.15) is 5.56 Å². The summed E-state index contributed by atoms with van der Waals surface area (Å²) in [5.41, 5.74) is 6.43. The lowest BCUT2D eigenvalue weighted by Gasteiger charge is -2.34. The van der Waals surface area contributed by atoms with Crippen LogP contribution in [0.4, 0.5) is 4.79 Å². The van der Waals surface area contributed by atoms with Crippen molar-refractivity contribution in [3.63, 3.8) is 0 Å². The number of piperazine rings is 1. The number of nitrogens with zero attached hydrogens (tertiary/aromatic N) is 1. The Kier molecular flexibility index (Phi) is 4.35. The van der Waals surface area contributed by atoms with Crippen molar-refractivity contribution in [3.05, 3.63) is 35.9 Å². The minimum atomic E-state index is -0.425. The molecule has 1 aliphatic rings. The van der Waals surface area contributed by atoms with Gasteiger partial charge in [-0.15, -0.1) is 0 Å². The van der Waals surface area contributed by atoms with E-state index in [1.54, 1.807) is 0 Å². The predicted octanol–water partition coefficient (Wildman–Crippen LogP) is 0.533. The first kappa shape index (κ1) is 13.4. The highest BCUT2D eigenvalue weighted by Crippen LogP contribution is 2.08. The van der Waals surface area contributed by atoms with Crippen molar-refractivity contribution >= 4 is 11.9 Å². The molecule has 2 rings (SSSR count). The maximum absolute atomic E-state index is 12.0. The molecular weight excluding hydrogens is 244 g/mol. The summed E-state index contributed by atoms with van der Waals surface area (Å²) in [5, 5.41) is 10.6. The van der Waals surface area contributed by atoms with Gasteiger partial charge < -0.3 is 15.8 Å². The Morgan fingerprint density at radius 2 is 2.21 bits per heavy atom. The van der Waals surface area contributed by atoms with Gasteiger partial charge in [-0.1, -0.05) is 30.3 Å². The van der Waals surface area contributed by atoms with E-state index in [2.05, 4.69) is 5.32 Å². The average molecular weight is 262 g/mol. The molecule has 0 radical (unpaired) electrons. The number of ether oxygens (including phenoxy) is 1. The zero-order chi connectivity index (χ0) is 13.7. The molecule has 102 valence electrons. The molecule has 1 unspecified atom stereocenters. The third-order valence-corrected chi connectivity index (χ3v) is 3.04. The Labute approximate surface area is 112 Å². The molecule has 6 nitrogen and oxygen atoms in total. The van der Waals surface area contributed by atoms with Crippen LogP contribution in [0, 0.1) is 5.41 Å². The van der Waals surface area contributed by atoms with Crippen LogP contribution in [0.3, 0.4) is 0 Å². The second-order valence-electron chi connectivity index (χ2n) is 4.41. The summed E-state index contributed by atoms with van der Waals surface area (Å²) in [6, 6.07) is 9.07. The molecule has 1 fully saturated rings. The van der Waals surface area contributed by atoms with E-state index < -0.39 is 12.1 Å². The van der Waals surface area contributed by atoms with Crippen molar-refractivity contribution in [3.8, 4) is 0 Å². The van der Waals surface area contributed by atoms with Crippen LogP contribution < -0.4 is 11.1 Å². The summed E-state index contributed by atoms with van der Waals surface area (Å²) in [5.74, 6) is -0.0242. The maximum atomic E-state index is 12.0. The fraction of sp³-hybridized carbons (Fsp3) is 0.385. The van der Waals surface area contributed by atoms with Crippen LogP contribution in [-0.4, -0.2) is 42.5 Å². The van der Waals surface area contributed by atoms with Gasteiger partial charge >= 0.3 is 6.09 Å². The van der Waals surface area contributed by atoms with E-state index in [4.69, 9.17) is 15.9 Å². The van der Waals surface area contributed by atoms with Crippen LogP contribution in [0.15, 0.2) is 30.3 Å². The summed E-state index contributed by atoms with van der Waals surface area (Å²) < 4.78 is 5.25. The molecule has 19 heavy (non-hydrogen) atoms. The summed E-state index contributed by atoms with van der Waals surface area (Å²) in [4.78, 5) is 13.5. The number of hydrogen-bond acceptors (Lipinski definition) is 4. The minimum Gasteiger partial charge on any atom is -0.445 e. The van der Waals surface area contributed by atoms with Crippen LogP contribution in [0.5, 0.6) is 0 Å². The smallest absolute Gasteiger partial charge is 0.410 e. The third-order valence-electron chi connectivity index (χ3n) is 3.04. The normalized spacial score (nSPS) is 18.9. The number of hydrogen-bond donors (Lipinski definition) is 3. The van der Waals surface area contributed by atoms with E-state index in [-0.39, 0.29) is 12.4 Å². The molecule has 1 atom stereocenters. The Hall–Kier alpha value is -2.08. The fourth-order valence-corrected chi connectivity index (χ4v) is 2.00. The van der Waals surface area contributed by atoms with Crippen molar-refractivity contribution in [1.82, 2.24) is 10.2 Å². The highest BCUT2D eigenvalue weighted by Gasteiger charge is 2.29. The minimum absolute atomic E-state index is 0.0242. The van der Waals surface area contributed by atoms with Crippen LogP contribution in [-0.2, 0) is 11.3 Å². The van der Waals surface area contributed by atoms with E-state index in [1.165, 1.54) is 4.90 Å². The molecular formula is C13H18N4O2. The number of amidine groups is 1. The van der Waals surface area contributed by atoms with E-state index in [9.17, 15) is 4.79 Å². The third kappa shape index (κ3) is 3.45. The first-order valence-electron chi connectivity index (χ1n) is 6.20. The molecule has 0 saturated carbocycles. The molecule has 1 saturated heterocycles. The summed E-state index contributed by atoms with van der Waals surface area (Å²) in [6.45, 7) is 1.91. The fourth-order valence-electron chi connectivity index (χ4n) is 2.00. The second kappa shape index (κ2) is 6.19. The summed E-state index contributed by atoms with van der Waals surface area (Å²) in [6.07, 6.45) is -0.425. The first-order chi connectivity index (χ1) is 9.18. The lowest BCUT2D eigenvalue weighted by molar-refractivity contribution is 0.0835. The monoisotopic (exact) mass is 262 g/mol. The molecule has 1 aromatic rings. The topological polar surface area (TPSA) is 91.4 Å². The first-order valence-corrected chi connectivity index (χ1v) is 6.20. The zero-order valence-electron chi connectivity index (χ0n) is 10.6. The summed E-state index contributed by atoms with van der Waals surface area (Å²) >= 11 is 0. The standard InChI is InChI=1S/C13H18N4O2/c14-12(15)11-8-16-6-7-17(11)13(18)19-9-10-4-2-1-3-5-10/h1-5,11,16H,6-9H2,(H3,14,15). The van der Waals surface area contributed by atoms with E-state index >= 15 is 0 Å². The number of rotatable bonds is 3. The SMILES string of the molecule is N=C(N)C1CNCCN1C(=O)OCc1ccccc1. The Morgan fingerprint density at radius 3 is 2.89 bits per heavy atom. The second-order valence-corrected chi connectivity index (χ2v) is 4.41. The number of nitrogens with two attached hydrogens (primary N) is 1. The van der Waals surface area contributed by atoms with Gasteiger partial charge in [-0.2, -0.15) is 0 Å². The highest BCUT2D eigenvalue weighted by atomic mass is 16.6. The lowest BCUT2D eigenvalue weighted by atomic mass is 10.2. The Balaban J connectivity index is 1.93. The van der Waals surface area contributed by atoms with Crippen molar-refractivity contribution < 1.29 is 9.53 Å². The van der Waals surface area contributed by atoms with Crippen molar-refractivity contribution in [1.29, 1.82) is 5.41 Å². The number of nitrogens with one attached hydrogen (secondary N) is 2. The van der Waals surface area contributed by atoms with Gasteiger partial charge in [0.15, 0.2) is 0 Å². The average Bonchev–Trinajstić information content (AvgIpc) is 2.46. The Morgan fingerprint density at radius 1 is 1.47 bits per heavy atom. The maximum Gasteiger partial charge on any atom is 0.410 e. The number of benzene rings is 1. The van der Waals surface area contributed by atoms with E-state index in [0.717, 1.165) is 5.56 Å². The molecule has 1 aliphatic heterocycles. The predicted molar refractivity (Wildman–Crippen MR) is 71.9 cm³/mol. The highest BCUT2D eigenvalue weighted by molar-refractivity contribution is 5.86. The Bertz CT molecular complexity index is 449. The van der Waals surface area contributed by atoms with Crippen LogP contribution in [0.2, 0.25) is 0 Å². The van der Waals surface area contributed by atoms with Gasteiger partial charge in [0.2, 0.25) is 0 Å². The lowest BCUT2D eigenvalue weighted by Crippen LogP contribution is -2.58. The molecule has 4 N–H and O–H groups in total.